The molecule has 0 saturated heterocycles. The van der Waals surface area contributed by atoms with Gasteiger partial charge < -0.3 is 0 Å². The van der Waals surface area contributed by atoms with Crippen LogP contribution in [0.25, 0.3) is 31.3 Å². The van der Waals surface area contributed by atoms with E-state index in [4.69, 9.17) is 16.6 Å². The van der Waals surface area contributed by atoms with Crippen molar-refractivity contribution >= 4 is 22.6 Å². The van der Waals surface area contributed by atoms with Crippen molar-refractivity contribution in [3.8, 4) is 0 Å². The van der Waals surface area contributed by atoms with Gasteiger partial charge in [-0.05, 0) is 0 Å². The van der Waals surface area contributed by atoms with Gasteiger partial charge in [0.15, 0.2) is 0 Å². The first-order valence-corrected chi connectivity index (χ1v) is 9.64. The van der Waals surface area contributed by atoms with Gasteiger partial charge in [-0.15, -0.1) is 0 Å². The summed E-state index contributed by atoms with van der Waals surface area (Å²) in [4.78, 5) is 10.0. The van der Waals surface area contributed by atoms with Crippen LogP contribution in [0, 0.1) is 0 Å². The molecule has 0 saturated carbocycles. The average molecular weight is 388 g/mol. The third-order valence-corrected chi connectivity index (χ3v) is 7.60. The molecular formula is C9H12N10Te. The van der Waals surface area contributed by atoms with Gasteiger partial charge in [-0.2, -0.15) is 0 Å². The van der Waals surface area contributed by atoms with Gasteiger partial charge >= 0.3 is 119 Å². The average Bonchev–Trinajstić information content (AvgIpc) is 2.39. The van der Waals surface area contributed by atoms with Crippen LogP contribution in [0.4, 0.5) is 0 Å². The monoisotopic (exact) mass is 390 g/mol. The van der Waals surface area contributed by atoms with Crippen LogP contribution in [0.1, 0.15) is 5.56 Å². The van der Waals surface area contributed by atoms with Crippen molar-refractivity contribution in [2.45, 2.75) is 6.54 Å². The zero-order valence-corrected chi connectivity index (χ0v) is 13.2. The Kier molecular flexibility index (Phi) is 5.97. The van der Waals surface area contributed by atoms with Gasteiger partial charge in [-0.1, -0.05) is 0 Å². The van der Waals surface area contributed by atoms with E-state index in [0.29, 0.717) is 10.2 Å². The van der Waals surface area contributed by atoms with Gasteiger partial charge in [0.05, 0.1) is 0 Å². The maximum atomic E-state index is 8.72. The Morgan fingerprint density at radius 3 is 1.95 bits per heavy atom. The molecule has 1 aromatic carbocycles. The number of hydrogen-bond donors (Lipinski definition) is 0. The molecule has 20 heavy (non-hydrogen) atoms. The number of azide groups is 1. The molecule has 1 aromatic rings. The van der Waals surface area contributed by atoms with E-state index in [9.17, 15) is 0 Å². The van der Waals surface area contributed by atoms with E-state index in [-0.39, 0.29) is 0 Å². The minimum atomic E-state index is -4.31. The molecule has 11 heteroatoms. The molecule has 0 heterocycles. The molecule has 0 fully saturated rings. The second-order valence-electron chi connectivity index (χ2n) is 3.88. The number of nitrogens with zero attached hydrogens (tertiary/aromatic N) is 10. The fourth-order valence-corrected chi connectivity index (χ4v) is 5.61. The molecule has 0 aliphatic heterocycles. The van der Waals surface area contributed by atoms with Gasteiger partial charge in [-0.3, -0.25) is 0 Å². The van der Waals surface area contributed by atoms with Crippen molar-refractivity contribution < 1.29 is 0 Å². The van der Waals surface area contributed by atoms with E-state index in [1.54, 1.807) is 12.1 Å². The molecular weight excluding hydrogens is 376 g/mol. The summed E-state index contributed by atoms with van der Waals surface area (Å²) < 4.78 is 11.3. The topological polar surface area (TPSA) is 150 Å². The summed E-state index contributed by atoms with van der Waals surface area (Å²) in [5.41, 5.74) is 27.0. The summed E-state index contributed by atoms with van der Waals surface area (Å²) in [5, 5.41) is 0. The molecule has 0 aliphatic carbocycles. The van der Waals surface area contributed by atoms with Crippen molar-refractivity contribution in [1.29, 1.82) is 0 Å². The van der Waals surface area contributed by atoms with E-state index >= 15 is 0 Å². The van der Waals surface area contributed by atoms with Crippen molar-refractivity contribution in [1.82, 2.24) is 4.90 Å². The zero-order valence-electron chi connectivity index (χ0n) is 10.9. The number of hydrogen-bond acceptors (Lipinski definition) is 4. The van der Waals surface area contributed by atoms with Crippen LogP contribution in [-0.4, -0.2) is 38.0 Å². The molecule has 104 valence electrons. The standard InChI is InChI=1S/C9H12N10Te/c1-19(2)7-8-5-3-4-6-9(8)20(16-13-10,17-14-11)18-15-12/h3-6H,7H2,1-2H3. The Labute approximate surface area is 119 Å². The van der Waals surface area contributed by atoms with Crippen molar-refractivity contribution in [2.75, 3.05) is 14.1 Å². The molecule has 0 atom stereocenters. The van der Waals surface area contributed by atoms with E-state index in [0.717, 1.165) is 5.56 Å². The second kappa shape index (κ2) is 7.48. The predicted molar refractivity (Wildman–Crippen MR) is 76.7 cm³/mol. The quantitative estimate of drug-likeness (QED) is 0.313. The molecule has 0 aromatic heterocycles. The van der Waals surface area contributed by atoms with Crippen LogP contribution >= 0.6 is 0 Å². The summed E-state index contributed by atoms with van der Waals surface area (Å²) in [6.07, 6.45) is 0. The van der Waals surface area contributed by atoms with Gasteiger partial charge in [0, 0.05) is 0 Å². The Balaban J connectivity index is 3.60. The Bertz CT molecular complexity index is 576. The van der Waals surface area contributed by atoms with Crippen LogP contribution < -0.4 is 3.61 Å². The molecule has 0 unspecified atom stereocenters. The summed E-state index contributed by atoms with van der Waals surface area (Å²) in [5.74, 6) is 0. The summed E-state index contributed by atoms with van der Waals surface area (Å²) >= 11 is -4.31. The second-order valence-corrected chi connectivity index (χ2v) is 9.49. The molecule has 0 amide bonds. The molecule has 0 spiro atoms. The van der Waals surface area contributed by atoms with Crippen LogP contribution in [0.15, 0.2) is 34.4 Å². The molecule has 1 rings (SSSR count). The van der Waals surface area contributed by atoms with Gasteiger partial charge in [0.1, 0.15) is 0 Å². The fourth-order valence-electron chi connectivity index (χ4n) is 1.58. The van der Waals surface area contributed by atoms with E-state index < -0.39 is 19.0 Å². The predicted octanol–water partition coefficient (Wildman–Crippen LogP) is 2.83. The van der Waals surface area contributed by atoms with Gasteiger partial charge in [0.2, 0.25) is 0 Å². The molecule has 0 N–H and O–H groups in total. The Hall–Kier alpha value is -2.10. The van der Waals surface area contributed by atoms with E-state index in [1.807, 2.05) is 31.1 Å². The minimum absolute atomic E-state index is 0.539. The number of benzene rings is 1. The molecule has 0 aliphatic rings. The normalized spacial score (nSPS) is 14.2. The first-order chi connectivity index (χ1) is 9.59. The van der Waals surface area contributed by atoms with Crippen LogP contribution in [-0.2, 0) is 6.54 Å². The summed E-state index contributed by atoms with van der Waals surface area (Å²) in [6.45, 7) is 0.548. The van der Waals surface area contributed by atoms with Crippen molar-refractivity contribution in [2.24, 2.45) is 10.1 Å². The zero-order chi connectivity index (χ0) is 15.0. The van der Waals surface area contributed by atoms with Crippen LogP contribution in [0.2, 0.25) is 0 Å². The molecule has 0 bridgehead atoms. The fraction of sp³-hybridized carbons (Fsp3) is 0.333. The Morgan fingerprint density at radius 2 is 1.50 bits per heavy atom. The molecule has 0 radical (unpaired) electrons. The first kappa shape index (κ1) is 16.0. The van der Waals surface area contributed by atoms with Crippen LogP contribution in [0.5, 0.6) is 0 Å². The molecule has 10 nitrogen and oxygen atoms in total. The van der Waals surface area contributed by atoms with E-state index in [1.165, 1.54) is 0 Å². The summed E-state index contributed by atoms with van der Waals surface area (Å²) in [6, 6.07) is 7.04. The summed E-state index contributed by atoms with van der Waals surface area (Å²) in [7, 11) is 3.75. The van der Waals surface area contributed by atoms with Gasteiger partial charge in [0.25, 0.3) is 0 Å². The SMILES string of the molecule is CN(C)Cc1ccccc1[Te](N=[N+]=[N-])(N=[N+]=[N-])N=[N+]=[N-]. The van der Waals surface area contributed by atoms with E-state index in [2.05, 4.69) is 24.8 Å². The van der Waals surface area contributed by atoms with Crippen molar-refractivity contribution in [3.63, 3.8) is 0 Å². The van der Waals surface area contributed by atoms with Crippen LogP contribution in [0.3, 0.4) is 0 Å². The third kappa shape index (κ3) is 3.70. The third-order valence-electron chi connectivity index (χ3n) is 2.21. The maximum absolute atomic E-state index is 8.72. The Morgan fingerprint density at radius 1 is 1.00 bits per heavy atom. The first-order valence-electron chi connectivity index (χ1n) is 5.34. The number of rotatable bonds is 6. The van der Waals surface area contributed by atoms with Gasteiger partial charge in [-0.25, -0.2) is 0 Å². The van der Waals surface area contributed by atoms with Crippen molar-refractivity contribution in [3.05, 3.63) is 61.2 Å².